The lowest BCUT2D eigenvalue weighted by Crippen LogP contribution is -2.56. The lowest BCUT2D eigenvalue weighted by atomic mass is 9.91. The van der Waals surface area contributed by atoms with Gasteiger partial charge in [0, 0.05) is 31.6 Å². The molecule has 9 nitrogen and oxygen atoms in total. The van der Waals surface area contributed by atoms with Crippen LogP contribution in [0.4, 0.5) is 0 Å². The molecule has 29 heavy (non-hydrogen) atoms. The maximum absolute atomic E-state index is 12.5. The van der Waals surface area contributed by atoms with E-state index in [0.29, 0.717) is 39.5 Å². The molecule has 1 saturated carbocycles. The van der Waals surface area contributed by atoms with Crippen LogP contribution >= 0.6 is 0 Å². The molecule has 158 valence electrons. The molecule has 0 aromatic carbocycles. The van der Waals surface area contributed by atoms with Gasteiger partial charge in [-0.1, -0.05) is 5.21 Å². The van der Waals surface area contributed by atoms with E-state index >= 15 is 0 Å². The third-order valence-corrected chi connectivity index (χ3v) is 6.67. The monoisotopic (exact) mass is 403 g/mol. The molecule has 3 aliphatic heterocycles. The summed E-state index contributed by atoms with van der Waals surface area (Å²) in [6, 6.07) is 0. The van der Waals surface area contributed by atoms with Crippen molar-refractivity contribution in [2.24, 2.45) is 11.8 Å². The molecule has 0 radical (unpaired) electrons. The summed E-state index contributed by atoms with van der Waals surface area (Å²) in [7, 11) is 0. The van der Waals surface area contributed by atoms with Gasteiger partial charge < -0.3 is 19.7 Å². The summed E-state index contributed by atoms with van der Waals surface area (Å²) in [5.41, 5.74) is 1.32. The number of amides is 2. The summed E-state index contributed by atoms with van der Waals surface area (Å²) in [6.07, 6.45) is 5.48. The van der Waals surface area contributed by atoms with Crippen molar-refractivity contribution in [3.63, 3.8) is 0 Å². The molecule has 1 aliphatic carbocycles. The van der Waals surface area contributed by atoms with E-state index in [0.717, 1.165) is 56.5 Å². The highest BCUT2D eigenvalue weighted by atomic mass is 16.5. The first-order valence-electron chi connectivity index (χ1n) is 10.8. The Bertz CT molecular complexity index is 786. The van der Waals surface area contributed by atoms with E-state index in [1.165, 1.54) is 0 Å². The minimum atomic E-state index is -0.369. The minimum Gasteiger partial charge on any atom is -0.381 e. The second-order valence-corrected chi connectivity index (χ2v) is 8.85. The summed E-state index contributed by atoms with van der Waals surface area (Å²) in [5, 5.41) is 11.6. The predicted octanol–water partition coefficient (Wildman–Crippen LogP) is 0.622. The molecule has 4 heterocycles. The number of fused-ring (bicyclic) bond motifs is 1. The molecule has 9 heteroatoms. The van der Waals surface area contributed by atoms with Crippen LogP contribution in [0.1, 0.15) is 49.9 Å². The highest BCUT2D eigenvalue weighted by Crippen LogP contribution is 2.36. The van der Waals surface area contributed by atoms with Crippen LogP contribution in [-0.4, -0.2) is 63.6 Å². The largest absolute Gasteiger partial charge is 0.381 e. The van der Waals surface area contributed by atoms with Gasteiger partial charge in [-0.2, -0.15) is 0 Å². The quantitative estimate of drug-likeness (QED) is 0.792. The Morgan fingerprint density at radius 1 is 1.14 bits per heavy atom. The second-order valence-electron chi connectivity index (χ2n) is 8.85. The normalized spacial score (nSPS) is 27.7. The van der Waals surface area contributed by atoms with E-state index in [1.54, 1.807) is 0 Å². The first-order chi connectivity index (χ1) is 14.1. The SMILES string of the molecule is O=C(NCc1nnn2c1COC1(CCCN(C(=O)C3CC3)C1)C2)C1CCOCC1. The number of hydrogen-bond acceptors (Lipinski definition) is 6. The minimum absolute atomic E-state index is 0.0203. The number of nitrogens with zero attached hydrogens (tertiary/aromatic N) is 4. The number of likely N-dealkylation sites (tertiary alicyclic amines) is 1. The zero-order valence-corrected chi connectivity index (χ0v) is 16.8. The van der Waals surface area contributed by atoms with Crippen LogP contribution in [0.15, 0.2) is 0 Å². The molecule has 4 aliphatic rings. The van der Waals surface area contributed by atoms with Crippen molar-refractivity contribution in [3.8, 4) is 0 Å². The Morgan fingerprint density at radius 3 is 2.76 bits per heavy atom. The average molecular weight is 403 g/mol. The third kappa shape index (κ3) is 3.90. The summed E-state index contributed by atoms with van der Waals surface area (Å²) in [4.78, 5) is 26.9. The van der Waals surface area contributed by atoms with Crippen molar-refractivity contribution >= 4 is 11.8 Å². The Labute approximate surface area is 170 Å². The van der Waals surface area contributed by atoms with Crippen LogP contribution in [-0.2, 0) is 38.8 Å². The number of carbonyl (C=O) groups is 2. The van der Waals surface area contributed by atoms with Gasteiger partial charge >= 0.3 is 0 Å². The van der Waals surface area contributed by atoms with Crippen molar-refractivity contribution in [1.82, 2.24) is 25.2 Å². The van der Waals surface area contributed by atoms with Crippen LogP contribution in [0.3, 0.4) is 0 Å². The van der Waals surface area contributed by atoms with Crippen molar-refractivity contribution in [2.45, 2.75) is 63.8 Å². The first kappa shape index (κ1) is 19.0. The fraction of sp³-hybridized carbons (Fsp3) is 0.800. The lowest BCUT2D eigenvalue weighted by molar-refractivity contribution is -0.154. The zero-order valence-electron chi connectivity index (χ0n) is 16.8. The van der Waals surface area contributed by atoms with E-state index in [4.69, 9.17) is 9.47 Å². The molecule has 1 aromatic rings. The molecule has 2 amide bonds. The number of ether oxygens (including phenoxy) is 2. The first-order valence-corrected chi connectivity index (χ1v) is 10.8. The van der Waals surface area contributed by atoms with E-state index < -0.39 is 0 Å². The molecule has 1 aromatic heterocycles. The number of rotatable bonds is 4. The van der Waals surface area contributed by atoms with Gasteiger partial charge in [-0.15, -0.1) is 5.10 Å². The summed E-state index contributed by atoms with van der Waals surface area (Å²) in [5.74, 6) is 0.604. The fourth-order valence-corrected chi connectivity index (χ4v) is 4.73. The van der Waals surface area contributed by atoms with Crippen LogP contribution in [0.5, 0.6) is 0 Å². The maximum atomic E-state index is 12.5. The predicted molar refractivity (Wildman–Crippen MR) is 101 cm³/mol. The van der Waals surface area contributed by atoms with Crippen molar-refractivity contribution in [3.05, 3.63) is 11.4 Å². The number of nitrogens with one attached hydrogen (secondary N) is 1. The van der Waals surface area contributed by atoms with Crippen molar-refractivity contribution in [1.29, 1.82) is 0 Å². The molecular formula is C20H29N5O4. The highest BCUT2D eigenvalue weighted by Gasteiger charge is 2.44. The van der Waals surface area contributed by atoms with Crippen molar-refractivity contribution < 1.29 is 19.1 Å². The van der Waals surface area contributed by atoms with E-state index in [-0.39, 0.29) is 29.3 Å². The van der Waals surface area contributed by atoms with Crippen LogP contribution in [0.25, 0.3) is 0 Å². The molecule has 5 rings (SSSR count). The van der Waals surface area contributed by atoms with Gasteiger partial charge in [0.2, 0.25) is 11.8 Å². The van der Waals surface area contributed by atoms with Crippen LogP contribution in [0, 0.1) is 11.8 Å². The van der Waals surface area contributed by atoms with Gasteiger partial charge in [0.15, 0.2) is 0 Å². The molecule has 1 unspecified atom stereocenters. The molecule has 3 fully saturated rings. The topological polar surface area (TPSA) is 98.6 Å². The Morgan fingerprint density at radius 2 is 1.97 bits per heavy atom. The van der Waals surface area contributed by atoms with Gasteiger partial charge in [-0.05, 0) is 38.5 Å². The zero-order chi connectivity index (χ0) is 19.8. The third-order valence-electron chi connectivity index (χ3n) is 6.67. The Kier molecular flexibility index (Phi) is 5.03. The average Bonchev–Trinajstić information content (AvgIpc) is 3.53. The highest BCUT2D eigenvalue weighted by molar-refractivity contribution is 5.81. The Balaban J connectivity index is 1.21. The molecule has 0 bridgehead atoms. The standard InChI is InChI=1S/C20H29N5O4/c26-18(14-4-8-28-9-5-14)21-10-16-17-11-29-20(13-25(17)23-22-16)6-1-7-24(12-20)19(27)15-2-3-15/h14-15H,1-13H2,(H,21,26). The number of carbonyl (C=O) groups excluding carboxylic acids is 2. The molecular weight excluding hydrogens is 374 g/mol. The lowest BCUT2D eigenvalue weighted by Gasteiger charge is -2.44. The Hall–Kier alpha value is -2.00. The van der Waals surface area contributed by atoms with E-state index in [9.17, 15) is 9.59 Å². The summed E-state index contributed by atoms with van der Waals surface area (Å²) < 4.78 is 13.5. The van der Waals surface area contributed by atoms with Gasteiger partial charge in [0.25, 0.3) is 0 Å². The molecule has 1 N–H and O–H groups in total. The summed E-state index contributed by atoms with van der Waals surface area (Å²) >= 11 is 0. The molecule has 1 spiro atoms. The number of aromatic nitrogens is 3. The van der Waals surface area contributed by atoms with Crippen LogP contribution < -0.4 is 5.32 Å². The van der Waals surface area contributed by atoms with Gasteiger partial charge in [0.05, 0.1) is 31.9 Å². The van der Waals surface area contributed by atoms with Crippen molar-refractivity contribution in [2.75, 3.05) is 26.3 Å². The van der Waals surface area contributed by atoms with Gasteiger partial charge in [-0.25, -0.2) is 4.68 Å². The van der Waals surface area contributed by atoms with E-state index in [2.05, 4.69) is 15.6 Å². The number of hydrogen-bond donors (Lipinski definition) is 1. The maximum Gasteiger partial charge on any atom is 0.225 e. The number of piperidine rings is 1. The van der Waals surface area contributed by atoms with E-state index in [1.807, 2.05) is 9.58 Å². The second kappa shape index (κ2) is 7.68. The molecule has 2 saturated heterocycles. The fourth-order valence-electron chi connectivity index (χ4n) is 4.73. The van der Waals surface area contributed by atoms with Gasteiger partial charge in [-0.3, -0.25) is 9.59 Å². The smallest absolute Gasteiger partial charge is 0.225 e. The molecule has 1 atom stereocenters. The summed E-state index contributed by atoms with van der Waals surface area (Å²) in [6.45, 7) is 4.16. The van der Waals surface area contributed by atoms with Gasteiger partial charge in [0.1, 0.15) is 11.3 Å². The van der Waals surface area contributed by atoms with Crippen LogP contribution in [0.2, 0.25) is 0 Å².